The van der Waals surface area contributed by atoms with Gasteiger partial charge in [0.05, 0.1) is 0 Å². The Labute approximate surface area is 150 Å². The molecule has 5 heteroatoms. The second kappa shape index (κ2) is 9.06. The second-order valence-corrected chi connectivity index (χ2v) is 7.56. The van der Waals surface area contributed by atoms with E-state index in [1.165, 1.54) is 57.3 Å². The van der Waals surface area contributed by atoms with Crippen molar-refractivity contribution >= 4 is 0 Å². The summed E-state index contributed by atoms with van der Waals surface area (Å²) in [5.74, 6) is -1.48. The Kier molecular flexibility index (Phi) is 6.79. The van der Waals surface area contributed by atoms with Crippen LogP contribution in [0.2, 0.25) is 0 Å². The summed E-state index contributed by atoms with van der Waals surface area (Å²) in [5.41, 5.74) is 6.70. The number of halogens is 2. The Balaban J connectivity index is 1.45. The SMILES string of the molecule is NCC(CCN1CCC(N2CCCCC2)CC1)c1ccc(F)c(F)c1. The molecule has 2 fully saturated rings. The van der Waals surface area contributed by atoms with Crippen molar-refractivity contribution in [2.45, 2.75) is 50.5 Å². The maximum Gasteiger partial charge on any atom is 0.159 e. The molecule has 0 aromatic heterocycles. The Morgan fingerprint density at radius 3 is 2.36 bits per heavy atom. The summed E-state index contributed by atoms with van der Waals surface area (Å²) in [7, 11) is 0. The van der Waals surface area contributed by atoms with Gasteiger partial charge < -0.3 is 15.5 Å². The molecular formula is C20H31F2N3. The fourth-order valence-electron chi connectivity index (χ4n) is 4.32. The number of hydrogen-bond donors (Lipinski definition) is 1. The highest BCUT2D eigenvalue weighted by Crippen LogP contribution is 2.24. The third-order valence-electron chi connectivity index (χ3n) is 5.96. The van der Waals surface area contributed by atoms with E-state index in [0.717, 1.165) is 37.7 Å². The van der Waals surface area contributed by atoms with Crippen LogP contribution in [0.4, 0.5) is 8.78 Å². The highest BCUT2D eigenvalue weighted by Gasteiger charge is 2.25. The van der Waals surface area contributed by atoms with Gasteiger partial charge in [-0.25, -0.2) is 8.78 Å². The van der Waals surface area contributed by atoms with Gasteiger partial charge in [-0.2, -0.15) is 0 Å². The number of nitrogens with zero attached hydrogens (tertiary/aromatic N) is 2. The molecule has 0 amide bonds. The minimum absolute atomic E-state index is 0.0925. The van der Waals surface area contributed by atoms with Gasteiger partial charge in [0.1, 0.15) is 0 Å². The predicted octanol–water partition coefficient (Wildman–Crippen LogP) is 3.35. The topological polar surface area (TPSA) is 32.5 Å². The van der Waals surface area contributed by atoms with Crippen LogP contribution < -0.4 is 5.73 Å². The monoisotopic (exact) mass is 351 g/mol. The molecule has 0 spiro atoms. The lowest BCUT2D eigenvalue weighted by Crippen LogP contribution is -2.47. The molecule has 3 nitrogen and oxygen atoms in total. The number of nitrogens with two attached hydrogens (primary N) is 1. The van der Waals surface area contributed by atoms with Crippen LogP contribution in [0.3, 0.4) is 0 Å². The van der Waals surface area contributed by atoms with Crippen LogP contribution in [-0.4, -0.2) is 55.1 Å². The largest absolute Gasteiger partial charge is 0.330 e. The van der Waals surface area contributed by atoms with E-state index in [1.807, 2.05) is 0 Å². The average molecular weight is 351 g/mol. The summed E-state index contributed by atoms with van der Waals surface area (Å²) in [6.45, 7) is 6.27. The van der Waals surface area contributed by atoms with Crippen LogP contribution in [0.15, 0.2) is 18.2 Å². The molecule has 2 N–H and O–H groups in total. The van der Waals surface area contributed by atoms with Crippen molar-refractivity contribution in [1.29, 1.82) is 0 Å². The van der Waals surface area contributed by atoms with Gasteiger partial charge in [-0.15, -0.1) is 0 Å². The van der Waals surface area contributed by atoms with E-state index in [1.54, 1.807) is 6.07 Å². The van der Waals surface area contributed by atoms with Crippen molar-refractivity contribution in [3.8, 4) is 0 Å². The zero-order valence-electron chi connectivity index (χ0n) is 15.1. The standard InChI is InChI=1S/C20H31F2N3/c21-19-5-4-16(14-20(19)22)17(15-23)6-11-24-12-7-18(8-13-24)25-9-2-1-3-10-25/h4-5,14,17-18H,1-3,6-13,15,23H2. The van der Waals surface area contributed by atoms with Crippen LogP contribution in [-0.2, 0) is 0 Å². The lowest BCUT2D eigenvalue weighted by molar-refractivity contribution is 0.0913. The fraction of sp³-hybridized carbons (Fsp3) is 0.700. The second-order valence-electron chi connectivity index (χ2n) is 7.56. The van der Waals surface area contributed by atoms with E-state index in [4.69, 9.17) is 5.73 Å². The first kappa shape index (κ1) is 18.7. The number of hydrogen-bond acceptors (Lipinski definition) is 3. The van der Waals surface area contributed by atoms with Crippen molar-refractivity contribution in [2.75, 3.05) is 39.3 Å². The normalized spacial score (nSPS) is 22.2. The van der Waals surface area contributed by atoms with Crippen molar-refractivity contribution in [2.24, 2.45) is 5.73 Å². The zero-order valence-corrected chi connectivity index (χ0v) is 15.1. The molecule has 1 atom stereocenters. The molecule has 1 unspecified atom stereocenters. The quantitative estimate of drug-likeness (QED) is 0.853. The van der Waals surface area contributed by atoms with Crippen molar-refractivity contribution in [1.82, 2.24) is 9.80 Å². The Morgan fingerprint density at radius 2 is 1.72 bits per heavy atom. The molecule has 3 rings (SSSR count). The zero-order chi connectivity index (χ0) is 17.6. The highest BCUT2D eigenvalue weighted by atomic mass is 19.2. The summed E-state index contributed by atoms with van der Waals surface area (Å²) < 4.78 is 26.6. The summed E-state index contributed by atoms with van der Waals surface area (Å²) in [4.78, 5) is 5.19. The van der Waals surface area contributed by atoms with Gasteiger partial charge in [-0.3, -0.25) is 0 Å². The van der Waals surface area contributed by atoms with Gasteiger partial charge in [0.2, 0.25) is 0 Å². The first-order chi connectivity index (χ1) is 12.2. The lowest BCUT2D eigenvalue weighted by atomic mass is 9.94. The molecule has 1 aromatic carbocycles. The molecule has 1 aromatic rings. The van der Waals surface area contributed by atoms with Crippen LogP contribution in [0.25, 0.3) is 0 Å². The molecule has 0 aliphatic carbocycles. The van der Waals surface area contributed by atoms with Crippen LogP contribution >= 0.6 is 0 Å². The maximum absolute atomic E-state index is 13.5. The number of benzene rings is 1. The van der Waals surface area contributed by atoms with E-state index in [9.17, 15) is 8.78 Å². The molecule has 0 bridgehead atoms. The van der Waals surface area contributed by atoms with Gasteiger partial charge in [0, 0.05) is 6.04 Å². The summed E-state index contributed by atoms with van der Waals surface area (Å²) in [6, 6.07) is 4.93. The number of piperidine rings is 2. The third kappa shape index (κ3) is 4.99. The molecule has 0 radical (unpaired) electrons. The van der Waals surface area contributed by atoms with Gasteiger partial charge >= 0.3 is 0 Å². The average Bonchev–Trinajstić information content (AvgIpc) is 2.66. The van der Waals surface area contributed by atoms with Crippen molar-refractivity contribution < 1.29 is 8.78 Å². The molecule has 140 valence electrons. The maximum atomic E-state index is 13.5. The number of likely N-dealkylation sites (tertiary alicyclic amines) is 2. The van der Waals surface area contributed by atoms with Gasteiger partial charge in [-0.1, -0.05) is 12.5 Å². The van der Waals surface area contributed by atoms with Gasteiger partial charge in [-0.05, 0) is 95.0 Å². The molecule has 2 aliphatic heterocycles. The fourth-order valence-corrected chi connectivity index (χ4v) is 4.32. The minimum atomic E-state index is -0.792. The van der Waals surface area contributed by atoms with Crippen molar-refractivity contribution in [3.05, 3.63) is 35.4 Å². The summed E-state index contributed by atoms with van der Waals surface area (Å²) in [6.07, 6.45) is 7.49. The third-order valence-corrected chi connectivity index (χ3v) is 5.96. The smallest absolute Gasteiger partial charge is 0.159 e. The molecule has 2 saturated heterocycles. The van der Waals surface area contributed by atoms with E-state index in [0.29, 0.717) is 6.54 Å². The van der Waals surface area contributed by atoms with Crippen LogP contribution in [0.1, 0.15) is 50.0 Å². The molecular weight excluding hydrogens is 320 g/mol. The van der Waals surface area contributed by atoms with Gasteiger partial charge in [0.25, 0.3) is 0 Å². The minimum Gasteiger partial charge on any atom is -0.330 e. The molecule has 2 heterocycles. The Bertz CT molecular complexity index is 538. The highest BCUT2D eigenvalue weighted by molar-refractivity contribution is 5.22. The molecule has 0 saturated carbocycles. The lowest BCUT2D eigenvalue weighted by Gasteiger charge is -2.40. The first-order valence-electron chi connectivity index (χ1n) is 9.79. The van der Waals surface area contributed by atoms with E-state index >= 15 is 0 Å². The Morgan fingerprint density at radius 1 is 1.00 bits per heavy atom. The Hall–Kier alpha value is -1.04. The van der Waals surface area contributed by atoms with E-state index in [-0.39, 0.29) is 5.92 Å². The first-order valence-corrected chi connectivity index (χ1v) is 9.79. The predicted molar refractivity (Wildman–Crippen MR) is 97.7 cm³/mol. The summed E-state index contributed by atoms with van der Waals surface area (Å²) in [5, 5.41) is 0. The molecule has 2 aliphatic rings. The molecule has 25 heavy (non-hydrogen) atoms. The van der Waals surface area contributed by atoms with Crippen LogP contribution in [0.5, 0.6) is 0 Å². The van der Waals surface area contributed by atoms with Crippen molar-refractivity contribution in [3.63, 3.8) is 0 Å². The number of rotatable bonds is 6. The van der Waals surface area contributed by atoms with E-state index < -0.39 is 11.6 Å². The van der Waals surface area contributed by atoms with Crippen LogP contribution in [0, 0.1) is 11.6 Å². The van der Waals surface area contributed by atoms with E-state index in [2.05, 4.69) is 9.80 Å². The van der Waals surface area contributed by atoms with Gasteiger partial charge in [0.15, 0.2) is 11.6 Å². The summed E-state index contributed by atoms with van der Waals surface area (Å²) >= 11 is 0.